The number of anilines is 1. The topological polar surface area (TPSA) is 112 Å². The van der Waals surface area contributed by atoms with Gasteiger partial charge in [-0.2, -0.15) is 0 Å². The first-order valence-corrected chi connectivity index (χ1v) is 13.7. The number of nitrogens with zero attached hydrogens (tertiary/aromatic N) is 2. The summed E-state index contributed by atoms with van der Waals surface area (Å²) in [5, 5.41) is 5.76. The van der Waals surface area contributed by atoms with Gasteiger partial charge in [0, 0.05) is 36.7 Å². The molecule has 0 aliphatic heterocycles. The third kappa shape index (κ3) is 8.75. The van der Waals surface area contributed by atoms with E-state index in [1.807, 2.05) is 16.8 Å². The lowest BCUT2D eigenvalue weighted by Gasteiger charge is -2.17. The van der Waals surface area contributed by atoms with Crippen LogP contribution in [0.1, 0.15) is 41.8 Å². The van der Waals surface area contributed by atoms with E-state index in [9.17, 15) is 14.2 Å². The maximum atomic E-state index is 12.7. The number of carbonyl (C=O) groups is 2. The second-order valence-corrected chi connectivity index (χ2v) is 10.2. The summed E-state index contributed by atoms with van der Waals surface area (Å²) >= 11 is 0. The number of imidazole rings is 1. The summed E-state index contributed by atoms with van der Waals surface area (Å²) in [5.74, 6) is -0.371. The monoisotopic (exact) mass is 512 g/mol. The number of rotatable bonds is 14. The molecule has 1 aromatic heterocycles. The molecule has 0 aliphatic carbocycles. The van der Waals surface area contributed by atoms with Gasteiger partial charge in [0.05, 0.1) is 32.1 Å². The molecular weight excluding hydrogens is 479 g/mol. The molecule has 0 saturated heterocycles. The second-order valence-electron chi connectivity index (χ2n) is 8.14. The summed E-state index contributed by atoms with van der Waals surface area (Å²) in [6, 6.07) is 14.1. The summed E-state index contributed by atoms with van der Waals surface area (Å²) in [5.41, 5.74) is 2.67. The number of nitrogens with one attached hydrogen (secondary N) is 2. The average Bonchev–Trinajstić information content (AvgIpc) is 3.37. The molecule has 0 atom stereocenters. The average molecular weight is 513 g/mol. The lowest BCUT2D eigenvalue weighted by atomic mass is 10.1. The van der Waals surface area contributed by atoms with Crippen molar-refractivity contribution in [2.24, 2.45) is 0 Å². The zero-order valence-corrected chi connectivity index (χ0v) is 21.6. The maximum Gasteiger partial charge on any atom is 0.335 e. The zero-order valence-electron chi connectivity index (χ0n) is 20.7. The van der Waals surface area contributed by atoms with E-state index in [0.717, 1.165) is 24.1 Å². The van der Waals surface area contributed by atoms with E-state index in [1.54, 1.807) is 68.8 Å². The molecule has 0 unspecified atom stereocenters. The Bertz CT molecular complexity index is 1160. The highest BCUT2D eigenvalue weighted by Crippen LogP contribution is 2.51. The predicted molar refractivity (Wildman–Crippen MR) is 139 cm³/mol. The Morgan fingerprint density at radius 2 is 1.78 bits per heavy atom. The fraction of sp³-hybridized carbons (Fsp3) is 0.346. The Kier molecular flexibility index (Phi) is 10.4. The fourth-order valence-corrected chi connectivity index (χ4v) is 5.34. The Labute approximate surface area is 211 Å². The van der Waals surface area contributed by atoms with E-state index in [-0.39, 0.29) is 24.4 Å². The molecule has 3 aromatic rings. The van der Waals surface area contributed by atoms with E-state index < -0.39 is 7.60 Å². The molecule has 1 heterocycles. The van der Waals surface area contributed by atoms with Crippen LogP contribution in [0.4, 0.5) is 5.69 Å². The molecule has 0 spiro atoms. The van der Waals surface area contributed by atoms with Crippen molar-refractivity contribution in [1.82, 2.24) is 14.9 Å². The van der Waals surface area contributed by atoms with Gasteiger partial charge in [-0.05, 0) is 55.7 Å². The molecule has 36 heavy (non-hydrogen) atoms. The van der Waals surface area contributed by atoms with Crippen LogP contribution in [0, 0.1) is 0 Å². The molecule has 9 nitrogen and oxygen atoms in total. The normalized spacial score (nSPS) is 11.3. The quantitative estimate of drug-likeness (QED) is 0.240. The molecule has 0 aliphatic rings. The third-order valence-electron chi connectivity index (χ3n) is 5.26. The van der Waals surface area contributed by atoms with Gasteiger partial charge in [-0.15, -0.1) is 0 Å². The molecule has 0 bridgehead atoms. The van der Waals surface area contributed by atoms with Crippen LogP contribution < -0.4 is 10.6 Å². The SMILES string of the molecule is CCOP(=O)(Cc1ccc(NC(=O)Cc2cccc(C(=O)NCCCn3ccnc3)c2)cc1)OCC. The van der Waals surface area contributed by atoms with E-state index in [4.69, 9.17) is 9.05 Å². The number of hydrogen-bond acceptors (Lipinski definition) is 6. The van der Waals surface area contributed by atoms with Gasteiger partial charge in [0.15, 0.2) is 0 Å². The van der Waals surface area contributed by atoms with Crippen molar-refractivity contribution < 1.29 is 23.2 Å². The van der Waals surface area contributed by atoms with Crippen molar-refractivity contribution in [3.05, 3.63) is 83.9 Å². The highest BCUT2D eigenvalue weighted by atomic mass is 31.2. The van der Waals surface area contributed by atoms with Gasteiger partial charge in [0.1, 0.15) is 0 Å². The minimum absolute atomic E-state index is 0.132. The Morgan fingerprint density at radius 3 is 2.44 bits per heavy atom. The first-order chi connectivity index (χ1) is 17.4. The summed E-state index contributed by atoms with van der Waals surface area (Å²) < 4.78 is 25.3. The van der Waals surface area contributed by atoms with Crippen molar-refractivity contribution in [2.75, 3.05) is 25.1 Å². The second kappa shape index (κ2) is 13.7. The number of amides is 2. The van der Waals surface area contributed by atoms with Crippen LogP contribution in [0.3, 0.4) is 0 Å². The van der Waals surface area contributed by atoms with Crippen molar-refractivity contribution in [2.45, 2.75) is 39.4 Å². The van der Waals surface area contributed by atoms with Gasteiger partial charge < -0.3 is 24.2 Å². The van der Waals surface area contributed by atoms with Crippen LogP contribution in [0.5, 0.6) is 0 Å². The molecule has 0 radical (unpaired) electrons. The lowest BCUT2D eigenvalue weighted by molar-refractivity contribution is -0.115. The van der Waals surface area contributed by atoms with Gasteiger partial charge in [0.25, 0.3) is 5.91 Å². The zero-order chi connectivity index (χ0) is 25.8. The first-order valence-electron chi connectivity index (χ1n) is 12.0. The minimum Gasteiger partial charge on any atom is -0.352 e. The largest absolute Gasteiger partial charge is 0.352 e. The molecule has 10 heteroatoms. The van der Waals surface area contributed by atoms with Crippen LogP contribution in [0.15, 0.2) is 67.3 Å². The standard InChI is InChI=1S/C26H33N4O5P/c1-3-34-36(33,35-4-2)19-21-9-11-24(12-10-21)29-25(31)18-22-7-5-8-23(17-22)26(32)28-13-6-15-30-16-14-27-20-30/h5,7-12,14,16-17,20H,3-4,6,13,15,18-19H2,1-2H3,(H,28,32)(H,29,31). The van der Waals surface area contributed by atoms with Crippen LogP contribution in [0.25, 0.3) is 0 Å². The fourth-order valence-electron chi connectivity index (χ4n) is 3.64. The van der Waals surface area contributed by atoms with Gasteiger partial charge in [-0.25, -0.2) is 4.98 Å². The van der Waals surface area contributed by atoms with Crippen LogP contribution in [-0.2, 0) is 37.5 Å². The van der Waals surface area contributed by atoms with E-state index in [1.165, 1.54) is 0 Å². The van der Waals surface area contributed by atoms with Gasteiger partial charge in [0.2, 0.25) is 5.91 Å². The van der Waals surface area contributed by atoms with Crippen molar-refractivity contribution in [3.8, 4) is 0 Å². The van der Waals surface area contributed by atoms with Gasteiger partial charge in [-0.1, -0.05) is 24.3 Å². The minimum atomic E-state index is -3.19. The summed E-state index contributed by atoms with van der Waals surface area (Å²) in [7, 11) is -3.19. The van der Waals surface area contributed by atoms with Crippen LogP contribution in [-0.4, -0.2) is 41.1 Å². The van der Waals surface area contributed by atoms with Gasteiger partial charge >= 0.3 is 7.60 Å². The predicted octanol–water partition coefficient (Wildman–Crippen LogP) is 4.65. The molecule has 192 valence electrons. The molecule has 0 saturated carbocycles. The number of aromatic nitrogens is 2. The Hall–Kier alpha value is -3.26. The van der Waals surface area contributed by atoms with E-state index in [2.05, 4.69) is 15.6 Å². The van der Waals surface area contributed by atoms with Crippen molar-refractivity contribution in [3.63, 3.8) is 0 Å². The Morgan fingerprint density at radius 1 is 1.03 bits per heavy atom. The number of hydrogen-bond donors (Lipinski definition) is 2. The highest BCUT2D eigenvalue weighted by Gasteiger charge is 2.23. The highest BCUT2D eigenvalue weighted by molar-refractivity contribution is 7.53. The number of benzene rings is 2. The van der Waals surface area contributed by atoms with Crippen LogP contribution >= 0.6 is 7.60 Å². The molecule has 2 amide bonds. The summed E-state index contributed by atoms with van der Waals surface area (Å²) in [6.45, 7) is 5.48. The molecule has 2 aromatic carbocycles. The molecule has 3 rings (SSSR count). The van der Waals surface area contributed by atoms with Gasteiger partial charge in [-0.3, -0.25) is 14.2 Å². The van der Waals surface area contributed by atoms with Crippen molar-refractivity contribution in [1.29, 1.82) is 0 Å². The number of carbonyl (C=O) groups excluding carboxylic acids is 2. The molecular formula is C26H33N4O5P. The third-order valence-corrected chi connectivity index (χ3v) is 7.31. The first kappa shape index (κ1) is 27.3. The maximum absolute atomic E-state index is 12.7. The Balaban J connectivity index is 1.49. The van der Waals surface area contributed by atoms with Crippen LogP contribution in [0.2, 0.25) is 0 Å². The summed E-state index contributed by atoms with van der Waals surface area (Å²) in [6.07, 6.45) is 6.44. The molecule has 0 fully saturated rings. The lowest BCUT2D eigenvalue weighted by Crippen LogP contribution is -2.25. The molecule has 2 N–H and O–H groups in total. The van der Waals surface area contributed by atoms with E-state index >= 15 is 0 Å². The smallest absolute Gasteiger partial charge is 0.335 e. The summed E-state index contributed by atoms with van der Waals surface area (Å²) in [4.78, 5) is 29.0. The van der Waals surface area contributed by atoms with Crippen molar-refractivity contribution >= 4 is 25.1 Å². The number of aryl methyl sites for hydroxylation is 1. The van der Waals surface area contributed by atoms with E-state index in [0.29, 0.717) is 31.0 Å².